The predicted molar refractivity (Wildman–Crippen MR) is 54.6 cm³/mol. The van der Waals surface area contributed by atoms with Crippen LogP contribution in [0.5, 0.6) is 0 Å². The number of rotatable bonds is 0. The summed E-state index contributed by atoms with van der Waals surface area (Å²) in [4.78, 5) is 7.35. The molecular weight excluding hydrogens is 230 g/mol. The lowest BCUT2D eigenvalue weighted by atomic mass is 10.7. The summed E-state index contributed by atoms with van der Waals surface area (Å²) < 4.78 is 0. The molecule has 0 atom stereocenters. The fourth-order valence-corrected chi connectivity index (χ4v) is 0.253. The zero-order valence-electron chi connectivity index (χ0n) is 5.93. The first-order chi connectivity index (χ1) is 3.00. The molecule has 0 aliphatic heterocycles. The summed E-state index contributed by atoms with van der Waals surface area (Å²) in [6.45, 7) is 0. The highest BCUT2D eigenvalue weighted by molar-refractivity contribution is 5.86. The van der Waals surface area contributed by atoms with Crippen LogP contribution in [-0.2, 0) is 0 Å². The molecule has 0 aliphatic carbocycles. The fraction of sp³-hybridized carbons (Fsp3) is 0. The molecule has 0 bridgehead atoms. The molecule has 8 heteroatoms. The van der Waals surface area contributed by atoms with E-state index in [-0.39, 0.29) is 53.6 Å². The number of hydrogen-bond donors (Lipinski definition) is 0. The molecular formula is C4H13Cl3N2O3. The largest absolute Gasteiger partial charge is 0.412 e. The summed E-state index contributed by atoms with van der Waals surface area (Å²) in [5.41, 5.74) is 0. The van der Waals surface area contributed by atoms with E-state index in [2.05, 4.69) is 9.97 Å². The molecule has 0 saturated heterocycles. The smallest absolute Gasteiger partial charge is 0.115 e. The molecule has 0 amide bonds. The predicted octanol–water partition coefficient (Wildman–Crippen LogP) is -0.732. The molecule has 0 saturated carbocycles. The Morgan fingerprint density at radius 3 is 1.08 bits per heavy atom. The molecule has 0 fully saturated rings. The van der Waals surface area contributed by atoms with Crippen molar-refractivity contribution < 1.29 is 16.4 Å². The topological polar surface area (TPSA) is 120 Å². The Hall–Kier alpha value is -0.170. The van der Waals surface area contributed by atoms with Gasteiger partial charge in [-0.1, -0.05) is 0 Å². The first-order valence-corrected chi connectivity index (χ1v) is 1.70. The van der Waals surface area contributed by atoms with Crippen LogP contribution in [0.1, 0.15) is 0 Å². The van der Waals surface area contributed by atoms with Crippen molar-refractivity contribution in [2.24, 2.45) is 0 Å². The minimum absolute atomic E-state index is 0. The van der Waals surface area contributed by atoms with E-state index in [1.54, 1.807) is 18.5 Å². The van der Waals surface area contributed by atoms with Gasteiger partial charge >= 0.3 is 0 Å². The second kappa shape index (κ2) is 30.8. The van der Waals surface area contributed by atoms with Crippen LogP contribution in [0.4, 0.5) is 0 Å². The van der Waals surface area contributed by atoms with Gasteiger partial charge in [-0.25, -0.2) is 9.97 Å². The Balaban J connectivity index is -0.0000000150. The van der Waals surface area contributed by atoms with Gasteiger partial charge in [-0.3, -0.25) is 0 Å². The normalized spacial score (nSPS) is 4.00. The van der Waals surface area contributed by atoms with Crippen LogP contribution in [0.2, 0.25) is 0 Å². The van der Waals surface area contributed by atoms with E-state index in [0.29, 0.717) is 0 Å². The van der Waals surface area contributed by atoms with Gasteiger partial charge in [0, 0.05) is 12.4 Å². The van der Waals surface area contributed by atoms with E-state index in [1.165, 1.54) is 6.33 Å². The van der Waals surface area contributed by atoms with Crippen molar-refractivity contribution in [3.05, 3.63) is 24.8 Å². The van der Waals surface area contributed by atoms with E-state index in [1.807, 2.05) is 0 Å². The summed E-state index contributed by atoms with van der Waals surface area (Å²) >= 11 is 0. The standard InChI is InChI=1S/C4H4N2.3ClH.3H2O/c1-2-5-4-6-3-1;;;;;;/h1-4H;3*1H;3*1H2. The Morgan fingerprint density at radius 2 is 1.00 bits per heavy atom. The molecule has 78 valence electrons. The molecule has 0 unspecified atom stereocenters. The van der Waals surface area contributed by atoms with Gasteiger partial charge in [0.15, 0.2) is 0 Å². The zero-order valence-corrected chi connectivity index (χ0v) is 8.38. The van der Waals surface area contributed by atoms with Gasteiger partial charge in [-0.05, 0) is 6.07 Å². The molecule has 5 nitrogen and oxygen atoms in total. The van der Waals surface area contributed by atoms with E-state index in [4.69, 9.17) is 0 Å². The average molecular weight is 244 g/mol. The monoisotopic (exact) mass is 242 g/mol. The molecule has 0 aliphatic rings. The summed E-state index contributed by atoms with van der Waals surface area (Å²) in [6.07, 6.45) is 4.88. The molecule has 6 N–H and O–H groups in total. The van der Waals surface area contributed by atoms with Gasteiger partial charge in [0.05, 0.1) is 0 Å². The minimum Gasteiger partial charge on any atom is -0.412 e. The quantitative estimate of drug-likeness (QED) is 0.596. The Bertz CT molecular complexity index is 95.5. The van der Waals surface area contributed by atoms with Crippen LogP contribution in [0.3, 0.4) is 0 Å². The van der Waals surface area contributed by atoms with Crippen LogP contribution in [0, 0.1) is 0 Å². The molecule has 12 heavy (non-hydrogen) atoms. The lowest BCUT2D eigenvalue weighted by molar-refractivity contribution is 0.823. The highest BCUT2D eigenvalue weighted by atomic mass is 35.5. The number of halogens is 3. The second-order valence-electron chi connectivity index (χ2n) is 0.904. The van der Waals surface area contributed by atoms with Crippen LogP contribution in [-0.4, -0.2) is 26.4 Å². The first kappa shape index (κ1) is 40.8. The number of hydrogen-bond acceptors (Lipinski definition) is 2. The maximum atomic E-state index is 3.67. The zero-order chi connectivity index (χ0) is 4.24. The van der Waals surface area contributed by atoms with Gasteiger partial charge in [0.25, 0.3) is 0 Å². The third-order valence-corrected chi connectivity index (χ3v) is 0.478. The van der Waals surface area contributed by atoms with Gasteiger partial charge in [0.1, 0.15) is 6.33 Å². The van der Waals surface area contributed by atoms with Gasteiger partial charge in [-0.2, -0.15) is 0 Å². The maximum Gasteiger partial charge on any atom is 0.115 e. The molecule has 1 aromatic heterocycles. The summed E-state index contributed by atoms with van der Waals surface area (Å²) in [7, 11) is 0. The highest BCUT2D eigenvalue weighted by Gasteiger charge is 1.59. The summed E-state index contributed by atoms with van der Waals surface area (Å²) in [5, 5.41) is 0. The average Bonchev–Trinajstić information content (AvgIpc) is 1.72. The van der Waals surface area contributed by atoms with Gasteiger partial charge < -0.3 is 16.4 Å². The van der Waals surface area contributed by atoms with Crippen molar-refractivity contribution in [2.45, 2.75) is 0 Å². The first-order valence-electron chi connectivity index (χ1n) is 1.70. The Kier molecular flexibility index (Phi) is 105. The van der Waals surface area contributed by atoms with Crippen molar-refractivity contribution in [1.29, 1.82) is 0 Å². The Morgan fingerprint density at radius 1 is 0.667 bits per heavy atom. The van der Waals surface area contributed by atoms with Crippen molar-refractivity contribution in [3.63, 3.8) is 0 Å². The van der Waals surface area contributed by atoms with Crippen molar-refractivity contribution in [3.8, 4) is 0 Å². The van der Waals surface area contributed by atoms with Crippen LogP contribution < -0.4 is 0 Å². The second-order valence-corrected chi connectivity index (χ2v) is 0.904. The molecule has 0 spiro atoms. The van der Waals surface area contributed by atoms with E-state index < -0.39 is 0 Å². The minimum atomic E-state index is 0. The Labute approximate surface area is 88.8 Å². The third kappa shape index (κ3) is 22.5. The van der Waals surface area contributed by atoms with Crippen LogP contribution >= 0.6 is 37.2 Å². The number of aromatic nitrogens is 2. The lowest BCUT2D eigenvalue weighted by Crippen LogP contribution is -1.66. The van der Waals surface area contributed by atoms with Crippen molar-refractivity contribution >= 4 is 37.2 Å². The van der Waals surface area contributed by atoms with E-state index in [0.717, 1.165) is 0 Å². The lowest BCUT2D eigenvalue weighted by Gasteiger charge is -1.70. The van der Waals surface area contributed by atoms with E-state index in [9.17, 15) is 0 Å². The molecule has 1 rings (SSSR count). The van der Waals surface area contributed by atoms with Crippen LogP contribution in [0.25, 0.3) is 0 Å². The number of nitrogens with zero attached hydrogens (tertiary/aromatic N) is 2. The highest BCUT2D eigenvalue weighted by Crippen LogP contribution is 1.66. The van der Waals surface area contributed by atoms with Crippen LogP contribution in [0.15, 0.2) is 24.8 Å². The SMILES string of the molecule is Cl.Cl.Cl.O.O.O.c1cncnc1. The molecule has 1 aromatic rings. The van der Waals surface area contributed by atoms with Gasteiger partial charge in [-0.15, -0.1) is 37.2 Å². The van der Waals surface area contributed by atoms with Crippen molar-refractivity contribution in [1.82, 2.24) is 9.97 Å². The van der Waals surface area contributed by atoms with Gasteiger partial charge in [0.2, 0.25) is 0 Å². The fourth-order valence-electron chi connectivity index (χ4n) is 0.253. The third-order valence-electron chi connectivity index (χ3n) is 0.478. The van der Waals surface area contributed by atoms with E-state index >= 15 is 0 Å². The maximum absolute atomic E-state index is 3.67. The summed E-state index contributed by atoms with van der Waals surface area (Å²) in [5.74, 6) is 0. The molecule has 0 radical (unpaired) electrons. The summed E-state index contributed by atoms with van der Waals surface area (Å²) in [6, 6.07) is 1.78. The molecule has 1 heterocycles. The van der Waals surface area contributed by atoms with Crippen molar-refractivity contribution in [2.75, 3.05) is 0 Å². The molecule has 0 aromatic carbocycles.